The highest BCUT2D eigenvalue weighted by Gasteiger charge is 2.12. The molecule has 0 aliphatic heterocycles. The molecule has 0 amide bonds. The number of rotatable bonds is 13. The first-order valence-electron chi connectivity index (χ1n) is 13.7. The molecule has 0 bridgehead atoms. The monoisotopic (exact) mass is 568 g/mol. The minimum Gasteiger partial charge on any atom is -0.395 e. The summed E-state index contributed by atoms with van der Waals surface area (Å²) in [5.74, 6) is 0.390. The fourth-order valence-corrected chi connectivity index (χ4v) is 4.90. The van der Waals surface area contributed by atoms with Gasteiger partial charge in [-0.05, 0) is 72.3 Å². The van der Waals surface area contributed by atoms with Crippen molar-refractivity contribution in [1.29, 1.82) is 0 Å². The zero-order valence-corrected chi connectivity index (χ0v) is 23.4. The maximum absolute atomic E-state index is 13.5. The van der Waals surface area contributed by atoms with Gasteiger partial charge in [0.1, 0.15) is 18.0 Å². The van der Waals surface area contributed by atoms with Crippen LogP contribution in [0, 0.1) is 5.82 Å². The van der Waals surface area contributed by atoms with E-state index in [1.807, 2.05) is 77.4 Å². The van der Waals surface area contributed by atoms with Crippen molar-refractivity contribution in [3.63, 3.8) is 0 Å². The van der Waals surface area contributed by atoms with Crippen LogP contribution in [0.4, 0.5) is 21.6 Å². The molecule has 0 aliphatic rings. The average Bonchev–Trinajstić information content (AvgIpc) is 3.44. The summed E-state index contributed by atoms with van der Waals surface area (Å²) in [6.45, 7) is 1.97. The second kappa shape index (κ2) is 13.3. The number of nitrogens with zero attached hydrogens (tertiary/aromatic N) is 4. The topological polar surface area (TPSA) is 124 Å². The van der Waals surface area contributed by atoms with Crippen molar-refractivity contribution in [2.75, 3.05) is 37.4 Å². The lowest BCUT2D eigenvalue weighted by molar-refractivity contribution is -0.104. The number of benzene rings is 3. The molecule has 6 N–H and O–H groups in total. The van der Waals surface area contributed by atoms with E-state index in [1.165, 1.54) is 24.7 Å². The molecule has 10 heteroatoms. The number of likely N-dealkylation sites (N-methyl/N-ethyl adjacent to an activating group) is 1. The van der Waals surface area contributed by atoms with Crippen LogP contribution in [0.1, 0.15) is 11.1 Å². The Bertz CT molecular complexity index is 1670. The summed E-state index contributed by atoms with van der Waals surface area (Å²) in [5.41, 5.74) is 6.07. The minimum atomic E-state index is -0.554. The SMILES string of the molecule is CN(CCO)CC(O)Cn1ccc(-c2ccc3ncnc(Nc4ccc(NCc5cccc(F)c5)c(C=[NH2+])c4)c3c2)c1. The quantitative estimate of drug-likeness (QED) is 0.138. The van der Waals surface area contributed by atoms with Crippen LogP contribution in [0.5, 0.6) is 0 Å². The lowest BCUT2D eigenvalue weighted by Crippen LogP contribution is -2.33. The van der Waals surface area contributed by atoms with Gasteiger partial charge in [0.2, 0.25) is 0 Å². The predicted molar refractivity (Wildman–Crippen MR) is 164 cm³/mol. The zero-order valence-electron chi connectivity index (χ0n) is 23.4. The number of nitrogens with one attached hydrogen (secondary N) is 2. The van der Waals surface area contributed by atoms with E-state index in [4.69, 9.17) is 10.5 Å². The average molecular weight is 569 g/mol. The Hall–Kier alpha value is -4.64. The number of aliphatic hydroxyl groups excluding tert-OH is 2. The van der Waals surface area contributed by atoms with Crippen molar-refractivity contribution in [2.24, 2.45) is 0 Å². The van der Waals surface area contributed by atoms with E-state index in [1.54, 1.807) is 6.07 Å². The molecule has 3 aromatic carbocycles. The third-order valence-corrected chi connectivity index (χ3v) is 7.01. The number of hydrogen-bond acceptors (Lipinski definition) is 7. The fourth-order valence-electron chi connectivity index (χ4n) is 4.90. The molecule has 0 radical (unpaired) electrons. The Morgan fingerprint density at radius 1 is 1.07 bits per heavy atom. The molecule has 2 aromatic heterocycles. The Kier molecular flexibility index (Phi) is 9.18. The van der Waals surface area contributed by atoms with Crippen molar-refractivity contribution < 1.29 is 20.0 Å². The summed E-state index contributed by atoms with van der Waals surface area (Å²) in [5, 5.41) is 33.1. The normalized spacial score (nSPS) is 12.0. The van der Waals surface area contributed by atoms with Crippen LogP contribution in [0.15, 0.2) is 85.5 Å². The van der Waals surface area contributed by atoms with Gasteiger partial charge in [0.25, 0.3) is 0 Å². The molecule has 0 saturated heterocycles. The third kappa shape index (κ3) is 7.16. The largest absolute Gasteiger partial charge is 0.395 e. The standard InChI is InChI=1S/C32H34FN7O2/c1-39(11-12-41)19-28(42)20-40-10-9-24(18-40)23-5-7-31-29(15-23)32(37-21-36-31)38-27-6-8-30(25(14-27)16-34)35-17-22-3-2-4-26(33)13-22/h2-10,13-16,18,21,28,34-35,41-42H,11-12,17,19-20H2,1H3,(H,36,37,38)/p+1. The van der Waals surface area contributed by atoms with E-state index in [-0.39, 0.29) is 12.4 Å². The Balaban J connectivity index is 1.32. The van der Waals surface area contributed by atoms with E-state index >= 15 is 0 Å². The lowest BCUT2D eigenvalue weighted by atomic mass is 10.1. The second-order valence-corrected chi connectivity index (χ2v) is 10.3. The highest BCUT2D eigenvalue weighted by molar-refractivity contribution is 5.94. The molecule has 1 unspecified atom stereocenters. The molecule has 0 saturated carbocycles. The van der Waals surface area contributed by atoms with E-state index < -0.39 is 6.10 Å². The number of anilines is 3. The summed E-state index contributed by atoms with van der Waals surface area (Å²) in [6.07, 6.45) is 6.46. The minimum absolute atomic E-state index is 0.0621. The van der Waals surface area contributed by atoms with E-state index in [2.05, 4.69) is 20.6 Å². The fraction of sp³-hybridized carbons (Fsp3) is 0.219. The first kappa shape index (κ1) is 28.9. The van der Waals surface area contributed by atoms with Crippen molar-refractivity contribution >= 4 is 34.3 Å². The number of nitrogens with two attached hydrogens (primary N) is 1. The summed E-state index contributed by atoms with van der Waals surface area (Å²) in [7, 11) is 1.87. The first-order valence-corrected chi connectivity index (χ1v) is 13.7. The van der Waals surface area contributed by atoms with Crippen LogP contribution in [-0.2, 0) is 13.1 Å². The Morgan fingerprint density at radius 2 is 1.95 bits per heavy atom. The van der Waals surface area contributed by atoms with Gasteiger partial charge in [0.05, 0.1) is 23.8 Å². The molecule has 0 spiro atoms. The van der Waals surface area contributed by atoms with Crippen LogP contribution < -0.4 is 16.0 Å². The molecule has 1 atom stereocenters. The molecule has 0 aliphatic carbocycles. The molecule has 42 heavy (non-hydrogen) atoms. The van der Waals surface area contributed by atoms with Gasteiger partial charge in [-0.25, -0.2) is 14.4 Å². The summed E-state index contributed by atoms with van der Waals surface area (Å²) in [4.78, 5) is 10.9. The lowest BCUT2D eigenvalue weighted by Gasteiger charge is -2.19. The van der Waals surface area contributed by atoms with Gasteiger partial charge >= 0.3 is 0 Å². The molecule has 5 aromatic rings. The zero-order chi connectivity index (χ0) is 29.5. The molecular weight excluding hydrogens is 533 g/mol. The number of fused-ring (bicyclic) bond motifs is 1. The number of aromatic nitrogens is 3. The predicted octanol–water partition coefficient (Wildman–Crippen LogP) is 3.06. The Morgan fingerprint density at radius 3 is 2.76 bits per heavy atom. The van der Waals surface area contributed by atoms with Gasteiger partial charge in [-0.3, -0.25) is 5.41 Å². The Labute approximate surface area is 243 Å². The van der Waals surface area contributed by atoms with Crippen LogP contribution in [0.3, 0.4) is 0 Å². The van der Waals surface area contributed by atoms with Crippen molar-refractivity contribution in [3.05, 3.63) is 102 Å². The first-order chi connectivity index (χ1) is 20.4. The molecule has 9 nitrogen and oxygen atoms in total. The number of aliphatic hydroxyl groups is 2. The smallest absolute Gasteiger partial charge is 0.169 e. The van der Waals surface area contributed by atoms with Gasteiger partial charge in [0.15, 0.2) is 6.21 Å². The van der Waals surface area contributed by atoms with Gasteiger partial charge in [-0.2, -0.15) is 0 Å². The van der Waals surface area contributed by atoms with Gasteiger partial charge in [0, 0.05) is 55.3 Å². The maximum Gasteiger partial charge on any atom is 0.169 e. The van der Waals surface area contributed by atoms with Gasteiger partial charge < -0.3 is 30.3 Å². The molecule has 0 fully saturated rings. The highest BCUT2D eigenvalue weighted by Crippen LogP contribution is 2.30. The van der Waals surface area contributed by atoms with Crippen LogP contribution >= 0.6 is 0 Å². The summed E-state index contributed by atoms with van der Waals surface area (Å²) < 4.78 is 15.5. The van der Waals surface area contributed by atoms with Gasteiger partial charge in [-0.15, -0.1) is 0 Å². The maximum atomic E-state index is 13.5. The van der Waals surface area contributed by atoms with Gasteiger partial charge in [-0.1, -0.05) is 18.2 Å². The van der Waals surface area contributed by atoms with Crippen molar-refractivity contribution in [2.45, 2.75) is 19.2 Å². The van der Waals surface area contributed by atoms with Crippen LogP contribution in [-0.4, -0.2) is 68.7 Å². The summed E-state index contributed by atoms with van der Waals surface area (Å²) in [6, 6.07) is 20.3. The third-order valence-electron chi connectivity index (χ3n) is 7.01. The second-order valence-electron chi connectivity index (χ2n) is 10.3. The van der Waals surface area contributed by atoms with E-state index in [0.717, 1.165) is 44.5 Å². The van der Waals surface area contributed by atoms with Crippen LogP contribution in [0.25, 0.3) is 22.0 Å². The number of halogens is 1. The summed E-state index contributed by atoms with van der Waals surface area (Å²) >= 11 is 0. The van der Waals surface area contributed by atoms with Crippen molar-refractivity contribution in [1.82, 2.24) is 19.4 Å². The molecular formula is C32H35FN7O2+. The molecule has 216 valence electrons. The highest BCUT2D eigenvalue weighted by atomic mass is 19.1. The van der Waals surface area contributed by atoms with Crippen LogP contribution in [0.2, 0.25) is 0 Å². The number of hydrogen-bond donors (Lipinski definition) is 5. The van der Waals surface area contributed by atoms with E-state index in [9.17, 15) is 9.50 Å². The van der Waals surface area contributed by atoms with Crippen molar-refractivity contribution in [3.8, 4) is 11.1 Å². The van der Waals surface area contributed by atoms with E-state index in [0.29, 0.717) is 32.0 Å². The molecule has 2 heterocycles. The molecule has 5 rings (SSSR count).